The third-order valence-corrected chi connectivity index (χ3v) is 1.16. The van der Waals surface area contributed by atoms with Crippen LogP contribution in [0.15, 0.2) is 0 Å². The van der Waals surface area contributed by atoms with Crippen molar-refractivity contribution < 1.29 is 14.3 Å². The van der Waals surface area contributed by atoms with E-state index in [4.69, 9.17) is 23.2 Å². The number of hydrogen-bond acceptors (Lipinski definition) is 3. The smallest absolute Gasteiger partial charge is 0.339 e. The summed E-state index contributed by atoms with van der Waals surface area (Å²) < 4.78 is 4.34. The highest BCUT2D eigenvalue weighted by Crippen LogP contribution is 2.02. The first-order chi connectivity index (χ1) is 5.07. The predicted octanol–water partition coefficient (Wildman–Crippen LogP) is 0.0793. The third-order valence-electron chi connectivity index (χ3n) is 0.803. The molecule has 0 bridgehead atoms. The zero-order valence-corrected chi connectivity index (χ0v) is 7.28. The number of rotatable bonds is 3. The van der Waals surface area contributed by atoms with Crippen LogP contribution >= 0.6 is 23.2 Å². The molecule has 0 rings (SSSR count). The molecule has 0 saturated heterocycles. The Morgan fingerprint density at radius 3 is 2.45 bits per heavy atom. The molecule has 0 unspecified atom stereocenters. The highest BCUT2D eigenvalue weighted by Gasteiger charge is 2.13. The maximum Gasteiger partial charge on any atom is 0.339 e. The highest BCUT2D eigenvalue weighted by atomic mass is 35.5. The Balaban J connectivity index is 3.54. The summed E-state index contributed by atoms with van der Waals surface area (Å²) in [5.74, 6) is -1.23. The summed E-state index contributed by atoms with van der Waals surface area (Å²) in [6.45, 7) is -0.356. The lowest BCUT2D eigenvalue weighted by atomic mass is 10.6. The lowest BCUT2D eigenvalue weighted by molar-refractivity contribution is -0.146. The van der Waals surface area contributed by atoms with Gasteiger partial charge in [0.2, 0.25) is 4.84 Å². The van der Waals surface area contributed by atoms with Gasteiger partial charge in [0.25, 0.3) is 5.91 Å². The van der Waals surface area contributed by atoms with Crippen LogP contribution in [0.1, 0.15) is 0 Å². The van der Waals surface area contributed by atoms with Gasteiger partial charge in [-0.1, -0.05) is 23.2 Å². The number of nitrogens with one attached hydrogen (secondary N) is 1. The van der Waals surface area contributed by atoms with Gasteiger partial charge in [-0.05, 0) is 0 Å². The minimum atomic E-state index is -1.24. The van der Waals surface area contributed by atoms with Crippen LogP contribution in [0, 0.1) is 0 Å². The van der Waals surface area contributed by atoms with Gasteiger partial charge < -0.3 is 10.1 Å². The topological polar surface area (TPSA) is 55.4 Å². The van der Waals surface area contributed by atoms with E-state index in [9.17, 15) is 9.59 Å². The van der Waals surface area contributed by atoms with Gasteiger partial charge in [0, 0.05) is 7.05 Å². The molecule has 0 heterocycles. The molecule has 0 saturated carbocycles. The Bertz CT molecular complexity index is 160. The first-order valence-corrected chi connectivity index (χ1v) is 3.60. The first-order valence-electron chi connectivity index (χ1n) is 2.73. The van der Waals surface area contributed by atoms with Gasteiger partial charge in [0.05, 0.1) is 0 Å². The molecule has 64 valence electrons. The maximum atomic E-state index is 10.5. The van der Waals surface area contributed by atoms with E-state index < -0.39 is 16.7 Å². The molecule has 0 aliphatic heterocycles. The van der Waals surface area contributed by atoms with Crippen molar-refractivity contribution in [3.63, 3.8) is 0 Å². The number of alkyl halides is 2. The summed E-state index contributed by atoms with van der Waals surface area (Å²) >= 11 is 10.2. The van der Waals surface area contributed by atoms with Crippen LogP contribution in [0.5, 0.6) is 0 Å². The van der Waals surface area contributed by atoms with E-state index in [1.54, 1.807) is 0 Å². The van der Waals surface area contributed by atoms with Crippen LogP contribution in [0.25, 0.3) is 0 Å². The number of carbonyl (C=O) groups excluding carboxylic acids is 2. The van der Waals surface area contributed by atoms with Gasteiger partial charge in [-0.3, -0.25) is 4.79 Å². The summed E-state index contributed by atoms with van der Waals surface area (Å²) in [6.07, 6.45) is 0. The predicted molar refractivity (Wildman–Crippen MR) is 40.5 cm³/mol. The van der Waals surface area contributed by atoms with Crippen LogP contribution in [0.3, 0.4) is 0 Å². The normalized spacial score (nSPS) is 9.45. The minimum Gasteiger partial charge on any atom is -0.454 e. The Morgan fingerprint density at radius 2 is 2.09 bits per heavy atom. The number of ether oxygens (including phenoxy) is 1. The minimum absolute atomic E-state index is 0.356. The summed E-state index contributed by atoms with van der Waals surface area (Å²) in [5.41, 5.74) is 0. The molecule has 0 spiro atoms. The molecule has 0 fully saturated rings. The van der Waals surface area contributed by atoms with Gasteiger partial charge in [-0.2, -0.15) is 0 Å². The molecule has 4 nitrogen and oxygen atoms in total. The molecular formula is C5H7Cl2NO3. The van der Waals surface area contributed by atoms with Crippen molar-refractivity contribution in [3.8, 4) is 0 Å². The first kappa shape index (κ1) is 10.5. The monoisotopic (exact) mass is 199 g/mol. The third kappa shape index (κ3) is 4.86. The lowest BCUT2D eigenvalue weighted by Crippen LogP contribution is -2.26. The summed E-state index contributed by atoms with van der Waals surface area (Å²) in [7, 11) is 1.43. The average molecular weight is 200 g/mol. The quantitative estimate of drug-likeness (QED) is 0.518. The molecule has 1 N–H and O–H groups in total. The van der Waals surface area contributed by atoms with Crippen LogP contribution in [-0.4, -0.2) is 30.4 Å². The van der Waals surface area contributed by atoms with E-state index in [-0.39, 0.29) is 6.61 Å². The second kappa shape index (κ2) is 5.21. The van der Waals surface area contributed by atoms with E-state index in [0.717, 1.165) is 0 Å². The van der Waals surface area contributed by atoms with Gasteiger partial charge in [-0.15, -0.1) is 0 Å². The molecular weight excluding hydrogens is 193 g/mol. The summed E-state index contributed by atoms with van der Waals surface area (Å²) in [5, 5.41) is 2.26. The van der Waals surface area contributed by atoms with Gasteiger partial charge in [-0.25, -0.2) is 4.79 Å². The largest absolute Gasteiger partial charge is 0.454 e. The Morgan fingerprint density at radius 1 is 1.55 bits per heavy atom. The number of esters is 1. The molecule has 0 radical (unpaired) electrons. The molecule has 0 aromatic heterocycles. The molecule has 0 atom stereocenters. The fraction of sp³-hybridized carbons (Fsp3) is 0.600. The molecule has 0 aliphatic carbocycles. The van der Waals surface area contributed by atoms with Crippen molar-refractivity contribution >= 4 is 35.1 Å². The number of hydrogen-bond donors (Lipinski definition) is 1. The van der Waals surface area contributed by atoms with E-state index >= 15 is 0 Å². The second-order valence-electron chi connectivity index (χ2n) is 1.58. The molecule has 6 heteroatoms. The lowest BCUT2D eigenvalue weighted by Gasteiger charge is -2.02. The molecule has 0 aliphatic rings. The van der Waals surface area contributed by atoms with Crippen molar-refractivity contribution in [3.05, 3.63) is 0 Å². The van der Waals surface area contributed by atoms with E-state index in [0.29, 0.717) is 0 Å². The number of carbonyl (C=O) groups is 2. The van der Waals surface area contributed by atoms with Gasteiger partial charge >= 0.3 is 5.97 Å². The molecule has 1 amide bonds. The van der Waals surface area contributed by atoms with Crippen molar-refractivity contribution in [2.24, 2.45) is 0 Å². The molecule has 0 aromatic carbocycles. The average Bonchev–Trinajstić information content (AvgIpc) is 1.99. The van der Waals surface area contributed by atoms with Gasteiger partial charge in [0.1, 0.15) is 0 Å². The van der Waals surface area contributed by atoms with Crippen LogP contribution < -0.4 is 5.32 Å². The number of halogens is 2. The fourth-order valence-corrected chi connectivity index (χ4v) is 0.398. The fourth-order valence-electron chi connectivity index (χ4n) is 0.272. The molecule has 11 heavy (non-hydrogen) atoms. The zero-order valence-electron chi connectivity index (χ0n) is 5.77. The van der Waals surface area contributed by atoms with E-state index in [1.807, 2.05) is 0 Å². The van der Waals surface area contributed by atoms with Crippen LogP contribution in [0.2, 0.25) is 0 Å². The number of likely N-dealkylation sites (N-methyl/N-ethyl adjacent to an activating group) is 1. The molecule has 0 aromatic rings. The maximum absolute atomic E-state index is 10.5. The van der Waals surface area contributed by atoms with Crippen molar-refractivity contribution in [1.29, 1.82) is 0 Å². The van der Waals surface area contributed by atoms with Crippen molar-refractivity contribution in [1.82, 2.24) is 5.32 Å². The highest BCUT2D eigenvalue weighted by molar-refractivity contribution is 6.52. The zero-order chi connectivity index (χ0) is 8.85. The van der Waals surface area contributed by atoms with Crippen molar-refractivity contribution in [2.75, 3.05) is 13.7 Å². The Hall–Kier alpha value is -0.480. The van der Waals surface area contributed by atoms with E-state index in [2.05, 4.69) is 10.1 Å². The second-order valence-corrected chi connectivity index (χ2v) is 2.68. The van der Waals surface area contributed by atoms with E-state index in [1.165, 1.54) is 7.05 Å². The Kier molecular flexibility index (Phi) is 4.98. The van der Waals surface area contributed by atoms with Crippen LogP contribution in [-0.2, 0) is 14.3 Å². The SMILES string of the molecule is CNC(=O)COC(=O)C(Cl)Cl. The van der Waals surface area contributed by atoms with Gasteiger partial charge in [0.15, 0.2) is 6.61 Å². The van der Waals surface area contributed by atoms with Crippen molar-refractivity contribution in [2.45, 2.75) is 4.84 Å². The number of amides is 1. The Labute approximate surface area is 73.8 Å². The summed E-state index contributed by atoms with van der Waals surface area (Å²) in [4.78, 5) is 19.7. The standard InChI is InChI=1S/C5H7Cl2NO3/c1-8-3(9)2-11-5(10)4(6)7/h4H,2H2,1H3,(H,8,9). The summed E-state index contributed by atoms with van der Waals surface area (Å²) in [6, 6.07) is 0. The van der Waals surface area contributed by atoms with Crippen LogP contribution in [0.4, 0.5) is 0 Å².